The normalized spacial score (nSPS) is 10.6. The van der Waals surface area contributed by atoms with Crippen molar-refractivity contribution in [2.24, 2.45) is 0 Å². The van der Waals surface area contributed by atoms with Crippen molar-refractivity contribution >= 4 is 11.9 Å². The maximum Gasteiger partial charge on any atom is 0.185 e. The van der Waals surface area contributed by atoms with E-state index >= 15 is 0 Å². The lowest BCUT2D eigenvalue weighted by Gasteiger charge is -2.05. The highest BCUT2D eigenvalue weighted by Gasteiger charge is 2.05. The number of aromatic hydroxyl groups is 1. The van der Waals surface area contributed by atoms with Crippen LogP contribution < -0.4 is 4.74 Å². The fourth-order valence-electron chi connectivity index (χ4n) is 1.62. The lowest BCUT2D eigenvalue weighted by atomic mass is 10.1. The van der Waals surface area contributed by atoms with E-state index in [0.29, 0.717) is 16.9 Å². The minimum atomic E-state index is -0.149. The van der Waals surface area contributed by atoms with Crippen molar-refractivity contribution in [3.63, 3.8) is 0 Å². The molecule has 0 aliphatic rings. The summed E-state index contributed by atoms with van der Waals surface area (Å²) >= 11 is 0. The summed E-state index contributed by atoms with van der Waals surface area (Å²) in [4.78, 5) is 15.7. The zero-order chi connectivity index (χ0) is 13.7. The summed E-state index contributed by atoms with van der Waals surface area (Å²) in [6.45, 7) is 0. The predicted octanol–water partition coefficient (Wildman–Crippen LogP) is 2.69. The van der Waals surface area contributed by atoms with Crippen molar-refractivity contribution in [3.05, 3.63) is 59.9 Å². The number of carbonyl (C=O) groups excluding carboxylic acids is 1. The molecule has 2 rings (SSSR count). The van der Waals surface area contributed by atoms with E-state index in [1.807, 2.05) is 0 Å². The van der Waals surface area contributed by atoms with Gasteiger partial charge < -0.3 is 9.84 Å². The minimum absolute atomic E-state index is 0.0174. The molecule has 4 nitrogen and oxygen atoms in total. The number of rotatable bonds is 4. The minimum Gasteiger partial charge on any atom is -0.504 e. The van der Waals surface area contributed by atoms with Gasteiger partial charge in [0.2, 0.25) is 0 Å². The summed E-state index contributed by atoms with van der Waals surface area (Å²) in [6.07, 6.45) is 6.08. The molecule has 0 radical (unpaired) electrons. The Morgan fingerprint density at radius 2 is 2.00 bits per heavy atom. The Bertz CT molecular complexity index is 606. The van der Waals surface area contributed by atoms with Gasteiger partial charge in [0.05, 0.1) is 7.11 Å². The smallest absolute Gasteiger partial charge is 0.185 e. The maximum absolute atomic E-state index is 11.9. The largest absolute Gasteiger partial charge is 0.504 e. The van der Waals surface area contributed by atoms with Gasteiger partial charge in [0.1, 0.15) is 0 Å². The SMILES string of the molecule is COc1cccc(/C=C/C(=O)c2ccncc2)c1O. The van der Waals surface area contributed by atoms with Crippen LogP contribution in [0.4, 0.5) is 0 Å². The van der Waals surface area contributed by atoms with Crippen LogP contribution in [0.2, 0.25) is 0 Å². The predicted molar refractivity (Wildman–Crippen MR) is 72.3 cm³/mol. The number of hydrogen-bond donors (Lipinski definition) is 1. The van der Waals surface area contributed by atoms with Crippen LogP contribution >= 0.6 is 0 Å². The quantitative estimate of drug-likeness (QED) is 0.674. The molecule has 0 atom stereocenters. The average molecular weight is 255 g/mol. The number of para-hydroxylation sites is 1. The molecule has 1 aromatic carbocycles. The third kappa shape index (κ3) is 2.98. The van der Waals surface area contributed by atoms with Gasteiger partial charge in [0.25, 0.3) is 0 Å². The van der Waals surface area contributed by atoms with E-state index in [-0.39, 0.29) is 11.5 Å². The number of aromatic nitrogens is 1. The van der Waals surface area contributed by atoms with Crippen LogP contribution in [0.1, 0.15) is 15.9 Å². The number of benzene rings is 1. The van der Waals surface area contributed by atoms with Crippen LogP contribution in [0.3, 0.4) is 0 Å². The van der Waals surface area contributed by atoms with E-state index in [2.05, 4.69) is 4.98 Å². The number of phenols is 1. The Morgan fingerprint density at radius 3 is 2.68 bits per heavy atom. The molecular formula is C15H13NO3. The number of phenolic OH excluding ortho intramolecular Hbond substituents is 1. The molecule has 0 amide bonds. The van der Waals surface area contributed by atoms with Crippen molar-refractivity contribution in [2.45, 2.75) is 0 Å². The number of ether oxygens (including phenoxy) is 1. The highest BCUT2D eigenvalue weighted by molar-refractivity contribution is 6.06. The number of hydrogen-bond acceptors (Lipinski definition) is 4. The van der Waals surface area contributed by atoms with Crippen molar-refractivity contribution < 1.29 is 14.6 Å². The topological polar surface area (TPSA) is 59.4 Å². The van der Waals surface area contributed by atoms with Crippen LogP contribution in [0, 0.1) is 0 Å². The first-order chi connectivity index (χ1) is 9.22. The van der Waals surface area contributed by atoms with Crippen molar-refractivity contribution in [3.8, 4) is 11.5 Å². The molecule has 19 heavy (non-hydrogen) atoms. The highest BCUT2D eigenvalue weighted by atomic mass is 16.5. The van der Waals surface area contributed by atoms with Gasteiger partial charge in [-0.3, -0.25) is 9.78 Å². The summed E-state index contributed by atoms with van der Waals surface area (Å²) in [5, 5.41) is 9.87. The molecule has 0 aliphatic heterocycles. The van der Waals surface area contributed by atoms with Crippen LogP contribution in [-0.2, 0) is 0 Å². The highest BCUT2D eigenvalue weighted by Crippen LogP contribution is 2.30. The molecule has 0 spiro atoms. The monoisotopic (exact) mass is 255 g/mol. The van der Waals surface area contributed by atoms with E-state index in [0.717, 1.165) is 0 Å². The second kappa shape index (κ2) is 5.82. The second-order valence-corrected chi connectivity index (χ2v) is 3.83. The summed E-state index contributed by atoms with van der Waals surface area (Å²) in [6, 6.07) is 8.37. The zero-order valence-electron chi connectivity index (χ0n) is 10.4. The van der Waals surface area contributed by atoms with Gasteiger partial charge in [-0.15, -0.1) is 0 Å². The van der Waals surface area contributed by atoms with Crippen LogP contribution in [0.15, 0.2) is 48.8 Å². The number of methoxy groups -OCH3 is 1. The van der Waals surface area contributed by atoms with E-state index in [1.54, 1.807) is 48.8 Å². The first-order valence-corrected chi connectivity index (χ1v) is 5.71. The van der Waals surface area contributed by atoms with E-state index in [9.17, 15) is 9.90 Å². The van der Waals surface area contributed by atoms with Gasteiger partial charge in [-0.2, -0.15) is 0 Å². The lowest BCUT2D eigenvalue weighted by molar-refractivity contribution is 0.104. The maximum atomic E-state index is 11.9. The number of carbonyl (C=O) groups is 1. The molecule has 96 valence electrons. The Balaban J connectivity index is 2.22. The van der Waals surface area contributed by atoms with Crippen LogP contribution in [-0.4, -0.2) is 23.0 Å². The summed E-state index contributed by atoms with van der Waals surface area (Å²) in [5.41, 5.74) is 1.08. The number of nitrogens with zero attached hydrogens (tertiary/aromatic N) is 1. The Hall–Kier alpha value is -2.62. The Labute approximate surface area is 111 Å². The van der Waals surface area contributed by atoms with Crippen LogP contribution in [0.5, 0.6) is 11.5 Å². The standard InChI is InChI=1S/C15H13NO3/c1-19-14-4-2-3-12(15(14)18)5-6-13(17)11-7-9-16-10-8-11/h2-10,18H,1H3/b6-5+. The third-order valence-corrected chi connectivity index (χ3v) is 2.63. The molecule has 0 saturated heterocycles. The molecule has 1 heterocycles. The van der Waals surface area contributed by atoms with Gasteiger partial charge in [0.15, 0.2) is 17.3 Å². The number of pyridine rings is 1. The number of ketones is 1. The Morgan fingerprint density at radius 1 is 1.26 bits per heavy atom. The van der Waals surface area contributed by atoms with Gasteiger partial charge in [-0.25, -0.2) is 0 Å². The van der Waals surface area contributed by atoms with Crippen LogP contribution in [0.25, 0.3) is 6.08 Å². The van der Waals surface area contributed by atoms with E-state index in [1.165, 1.54) is 13.2 Å². The fourth-order valence-corrected chi connectivity index (χ4v) is 1.62. The van der Waals surface area contributed by atoms with Gasteiger partial charge in [-0.05, 0) is 30.4 Å². The summed E-state index contributed by atoms with van der Waals surface area (Å²) < 4.78 is 5.00. The summed E-state index contributed by atoms with van der Waals surface area (Å²) in [7, 11) is 1.48. The summed E-state index contributed by atoms with van der Waals surface area (Å²) in [5.74, 6) is 0.243. The van der Waals surface area contributed by atoms with Gasteiger partial charge >= 0.3 is 0 Å². The molecule has 4 heteroatoms. The molecule has 2 aromatic rings. The molecule has 1 aromatic heterocycles. The van der Waals surface area contributed by atoms with Gasteiger partial charge in [0, 0.05) is 23.5 Å². The molecule has 0 aliphatic carbocycles. The van der Waals surface area contributed by atoms with Crippen molar-refractivity contribution in [1.82, 2.24) is 4.98 Å². The van der Waals surface area contributed by atoms with Gasteiger partial charge in [-0.1, -0.05) is 12.1 Å². The molecule has 0 bridgehead atoms. The Kier molecular flexibility index (Phi) is 3.93. The fraction of sp³-hybridized carbons (Fsp3) is 0.0667. The second-order valence-electron chi connectivity index (χ2n) is 3.83. The molecule has 0 fully saturated rings. The lowest BCUT2D eigenvalue weighted by Crippen LogP contribution is -1.93. The van der Waals surface area contributed by atoms with E-state index < -0.39 is 0 Å². The molecular weight excluding hydrogens is 242 g/mol. The first-order valence-electron chi connectivity index (χ1n) is 5.71. The molecule has 0 unspecified atom stereocenters. The third-order valence-electron chi connectivity index (χ3n) is 2.63. The van der Waals surface area contributed by atoms with E-state index in [4.69, 9.17) is 4.74 Å². The molecule has 0 saturated carbocycles. The van der Waals surface area contributed by atoms with Crippen molar-refractivity contribution in [1.29, 1.82) is 0 Å². The van der Waals surface area contributed by atoms with Crippen molar-refractivity contribution in [2.75, 3.05) is 7.11 Å². The zero-order valence-corrected chi connectivity index (χ0v) is 10.4. The molecule has 1 N–H and O–H groups in total. The average Bonchev–Trinajstić information content (AvgIpc) is 2.47. The first kappa shape index (κ1) is 12.8. The number of allylic oxidation sites excluding steroid dienone is 1.